The molecule has 4 aliphatic heterocycles. The maximum absolute atomic E-state index is 14.6. The number of amides is 3. The summed E-state index contributed by atoms with van der Waals surface area (Å²) in [6.07, 6.45) is 9.38. The highest BCUT2D eigenvalue weighted by molar-refractivity contribution is 6.06. The molecule has 2 fully saturated rings. The van der Waals surface area contributed by atoms with Crippen LogP contribution in [0.3, 0.4) is 0 Å². The van der Waals surface area contributed by atoms with Crippen LogP contribution in [-0.2, 0) is 19.1 Å². The number of hydrogen-bond donors (Lipinski definition) is 1. The number of carbonyl (C=O) groups excluding carboxylic acids is 3. The van der Waals surface area contributed by atoms with Gasteiger partial charge in [0.15, 0.2) is 0 Å². The van der Waals surface area contributed by atoms with Crippen molar-refractivity contribution in [3.63, 3.8) is 0 Å². The Labute approximate surface area is 234 Å². The van der Waals surface area contributed by atoms with E-state index in [1.807, 2.05) is 85.5 Å². The summed E-state index contributed by atoms with van der Waals surface area (Å²) in [5, 5.41) is 11.7. The summed E-state index contributed by atoms with van der Waals surface area (Å²) in [4.78, 5) is 48.1. The number of aliphatic hydroxyl groups excluding tert-OH is 1. The average Bonchev–Trinajstić information content (AvgIpc) is 3.25. The smallest absolute Gasteiger partial charge is 0.253 e. The zero-order chi connectivity index (χ0) is 28.1. The molecule has 40 heavy (non-hydrogen) atoms. The fraction of sp³-hybridized carbons (Fsp3) is 0.469. The standard InChI is InChI=1S/C32H37N3O5/c1-3-16-33-17-7-14-31(4-2)25(28(33)37)26-29(38)35(19-9-20-36)27-30(39)34(18-8-15-32(26,27)40-31)24-13-12-22-10-5-6-11-23(22)21-24/h5-8,10-15,21,25-27,36H,3-4,9,16-20H2,1-2H3/t25-,26-,27?,31+,32-/m0/s1. The van der Waals surface area contributed by atoms with Gasteiger partial charge in [0.05, 0.1) is 17.4 Å². The van der Waals surface area contributed by atoms with Crippen molar-refractivity contribution in [3.05, 3.63) is 66.8 Å². The van der Waals surface area contributed by atoms with Crippen LogP contribution >= 0.6 is 0 Å². The largest absolute Gasteiger partial charge is 0.396 e. The highest BCUT2D eigenvalue weighted by Gasteiger charge is 2.75. The Morgan fingerprint density at radius 3 is 2.42 bits per heavy atom. The lowest BCUT2D eigenvalue weighted by atomic mass is 9.73. The molecule has 1 unspecified atom stereocenters. The van der Waals surface area contributed by atoms with E-state index >= 15 is 0 Å². The molecule has 1 N–H and O–H groups in total. The Morgan fingerprint density at radius 1 is 0.900 bits per heavy atom. The lowest BCUT2D eigenvalue weighted by Gasteiger charge is -2.38. The van der Waals surface area contributed by atoms with E-state index < -0.39 is 29.1 Å². The van der Waals surface area contributed by atoms with Crippen molar-refractivity contribution in [2.24, 2.45) is 11.8 Å². The number of anilines is 1. The number of rotatable bonds is 7. The van der Waals surface area contributed by atoms with Gasteiger partial charge in [0, 0.05) is 38.5 Å². The fourth-order valence-corrected chi connectivity index (χ4v) is 7.34. The molecular formula is C32H37N3O5. The molecule has 0 radical (unpaired) electrons. The first-order valence-corrected chi connectivity index (χ1v) is 14.5. The van der Waals surface area contributed by atoms with Crippen LogP contribution in [0.15, 0.2) is 66.8 Å². The first-order chi connectivity index (χ1) is 19.4. The zero-order valence-corrected chi connectivity index (χ0v) is 23.2. The monoisotopic (exact) mass is 543 g/mol. The molecule has 2 aromatic rings. The summed E-state index contributed by atoms with van der Waals surface area (Å²) < 4.78 is 6.99. The molecule has 0 aliphatic carbocycles. The van der Waals surface area contributed by atoms with Crippen LogP contribution in [0.25, 0.3) is 10.8 Å². The number of hydrogen-bond acceptors (Lipinski definition) is 5. The molecule has 1 spiro atoms. The SMILES string of the molecule is CCCN1CC=C[C@@]2(CC)O[C@]34C=CCN(c5ccc6ccccc6c5)C(=O)C3N(CCCO)C(=O)[C@@H]4[C@H]2C1=O. The molecule has 0 bridgehead atoms. The van der Waals surface area contributed by atoms with Gasteiger partial charge in [0.1, 0.15) is 11.6 Å². The van der Waals surface area contributed by atoms with E-state index in [0.717, 1.165) is 22.9 Å². The Hall–Kier alpha value is -3.49. The van der Waals surface area contributed by atoms with E-state index in [2.05, 4.69) is 0 Å². The van der Waals surface area contributed by atoms with Crippen LogP contribution < -0.4 is 4.90 Å². The van der Waals surface area contributed by atoms with Gasteiger partial charge in [0.25, 0.3) is 5.91 Å². The van der Waals surface area contributed by atoms with Gasteiger partial charge in [-0.25, -0.2) is 0 Å². The molecule has 8 heteroatoms. The maximum atomic E-state index is 14.6. The van der Waals surface area contributed by atoms with E-state index in [9.17, 15) is 19.5 Å². The van der Waals surface area contributed by atoms with Crippen molar-refractivity contribution in [2.75, 3.05) is 37.7 Å². The third-order valence-electron chi connectivity index (χ3n) is 9.12. The summed E-state index contributed by atoms with van der Waals surface area (Å²) in [6.45, 7) is 5.50. The summed E-state index contributed by atoms with van der Waals surface area (Å²) >= 11 is 0. The quantitative estimate of drug-likeness (QED) is 0.542. The van der Waals surface area contributed by atoms with Gasteiger partial charge in [-0.2, -0.15) is 0 Å². The first-order valence-electron chi connectivity index (χ1n) is 14.5. The number of fused-ring (bicyclic) bond motifs is 3. The third kappa shape index (κ3) is 3.84. The number of aliphatic hydroxyl groups is 1. The first kappa shape index (κ1) is 26.7. The van der Waals surface area contributed by atoms with Crippen molar-refractivity contribution in [2.45, 2.75) is 50.4 Å². The van der Waals surface area contributed by atoms with Crippen LogP contribution in [0.4, 0.5) is 5.69 Å². The van der Waals surface area contributed by atoms with Crippen LogP contribution in [0, 0.1) is 11.8 Å². The Kier molecular flexibility index (Phi) is 6.79. The van der Waals surface area contributed by atoms with Crippen LogP contribution in [-0.4, -0.2) is 82.7 Å². The lowest BCUT2D eigenvalue weighted by Crippen LogP contribution is -2.56. The van der Waals surface area contributed by atoms with E-state index in [1.54, 1.807) is 9.80 Å². The molecule has 0 aromatic heterocycles. The van der Waals surface area contributed by atoms with Gasteiger partial charge in [-0.1, -0.05) is 68.5 Å². The summed E-state index contributed by atoms with van der Waals surface area (Å²) in [5.41, 5.74) is -1.53. The maximum Gasteiger partial charge on any atom is 0.253 e. The van der Waals surface area contributed by atoms with E-state index in [0.29, 0.717) is 32.5 Å². The molecule has 4 heterocycles. The van der Waals surface area contributed by atoms with Crippen molar-refractivity contribution in [1.29, 1.82) is 0 Å². The van der Waals surface area contributed by atoms with Crippen molar-refractivity contribution in [1.82, 2.24) is 9.80 Å². The topological polar surface area (TPSA) is 90.4 Å². The Morgan fingerprint density at radius 2 is 1.68 bits per heavy atom. The van der Waals surface area contributed by atoms with E-state index in [4.69, 9.17) is 4.74 Å². The molecule has 210 valence electrons. The third-order valence-corrected chi connectivity index (χ3v) is 9.12. The van der Waals surface area contributed by atoms with Crippen molar-refractivity contribution < 1.29 is 24.2 Å². The van der Waals surface area contributed by atoms with Crippen molar-refractivity contribution in [3.8, 4) is 0 Å². The molecule has 8 nitrogen and oxygen atoms in total. The van der Waals surface area contributed by atoms with Crippen LogP contribution in [0.1, 0.15) is 33.1 Å². The van der Waals surface area contributed by atoms with Gasteiger partial charge < -0.3 is 24.5 Å². The molecule has 5 atom stereocenters. The minimum absolute atomic E-state index is 0.0943. The van der Waals surface area contributed by atoms with E-state index in [1.165, 1.54) is 0 Å². The minimum Gasteiger partial charge on any atom is -0.396 e. The predicted molar refractivity (Wildman–Crippen MR) is 152 cm³/mol. The Balaban J connectivity index is 1.47. The Bertz CT molecular complexity index is 1400. The molecule has 0 saturated carbocycles. The minimum atomic E-state index is -1.29. The number of carbonyl (C=O) groups is 3. The second-order valence-corrected chi connectivity index (χ2v) is 11.3. The molecule has 2 aromatic carbocycles. The van der Waals surface area contributed by atoms with Crippen LogP contribution in [0.5, 0.6) is 0 Å². The lowest BCUT2D eigenvalue weighted by molar-refractivity contribution is -0.150. The molecule has 2 saturated heterocycles. The molecule has 4 aliphatic rings. The highest BCUT2D eigenvalue weighted by atomic mass is 16.5. The predicted octanol–water partition coefficient (Wildman–Crippen LogP) is 3.29. The van der Waals surface area contributed by atoms with Gasteiger partial charge in [-0.3, -0.25) is 14.4 Å². The summed E-state index contributed by atoms with van der Waals surface area (Å²) in [6, 6.07) is 13.0. The fourth-order valence-electron chi connectivity index (χ4n) is 7.34. The van der Waals surface area contributed by atoms with Gasteiger partial charge in [0.2, 0.25) is 11.8 Å². The summed E-state index contributed by atoms with van der Waals surface area (Å²) in [5.74, 6) is -2.15. The van der Waals surface area contributed by atoms with Gasteiger partial charge in [-0.15, -0.1) is 0 Å². The van der Waals surface area contributed by atoms with Gasteiger partial charge in [-0.05, 0) is 42.2 Å². The summed E-state index contributed by atoms with van der Waals surface area (Å²) in [7, 11) is 0. The van der Waals surface area contributed by atoms with E-state index in [-0.39, 0.29) is 30.9 Å². The average molecular weight is 544 g/mol. The zero-order valence-electron chi connectivity index (χ0n) is 23.2. The van der Waals surface area contributed by atoms with Gasteiger partial charge >= 0.3 is 0 Å². The van der Waals surface area contributed by atoms with Crippen molar-refractivity contribution >= 4 is 34.2 Å². The second kappa shape index (κ2) is 10.2. The number of likely N-dealkylation sites (tertiary alicyclic amines) is 1. The normalized spacial score (nSPS) is 31.4. The highest BCUT2D eigenvalue weighted by Crippen LogP contribution is 2.58. The number of nitrogens with zero attached hydrogens (tertiary/aromatic N) is 3. The number of benzene rings is 2. The molecular weight excluding hydrogens is 506 g/mol. The molecule has 3 amide bonds. The van der Waals surface area contributed by atoms with Crippen LogP contribution in [0.2, 0.25) is 0 Å². The second-order valence-electron chi connectivity index (χ2n) is 11.3. The number of ether oxygens (including phenoxy) is 1. The molecule has 6 rings (SSSR count).